The largest absolute Gasteiger partial charge is 0.466 e. The Morgan fingerprint density at radius 2 is 1.19 bits per heavy atom. The van der Waals surface area contributed by atoms with Gasteiger partial charge in [0.2, 0.25) is 45.5 Å². The molecule has 8 atom stereocenters. The van der Waals surface area contributed by atoms with Crippen LogP contribution in [0.4, 0.5) is 9.59 Å². The number of para-hydroxylation sites is 1. The molecule has 0 saturated carbocycles. The summed E-state index contributed by atoms with van der Waals surface area (Å²) in [4.78, 5) is 155. The predicted molar refractivity (Wildman–Crippen MR) is 420 cm³/mol. The fourth-order valence-corrected chi connectivity index (χ4v) is 15.1. The van der Waals surface area contributed by atoms with Crippen molar-refractivity contribution in [3.8, 4) is 0 Å². The molecular weight excluding hydrogens is 1440 g/mol. The summed E-state index contributed by atoms with van der Waals surface area (Å²) in [5.41, 5.74) is 18.6. The number of sulfonamides is 1. The normalized spacial score (nSPS) is 16.3. The fraction of sp³-hybridized carbons (Fsp3) is 0.427. The molecule has 2 fully saturated rings. The highest BCUT2D eigenvalue weighted by molar-refractivity contribution is 7.92. The van der Waals surface area contributed by atoms with Crippen LogP contribution in [0.1, 0.15) is 129 Å². The quantitative estimate of drug-likeness (QED) is 0.0102. The number of alkyl halides is 1. The average molecular weight is 1550 g/mol. The Morgan fingerprint density at radius 1 is 0.645 bits per heavy atom. The van der Waals surface area contributed by atoms with E-state index in [1.54, 1.807) is 37.4 Å². The molecule has 0 radical (unpaired) electrons. The number of hydrogen-bond acceptors (Lipinski definition) is 14. The number of aryl methyl sites for hydroxylation is 1. The molecule has 1 aromatic heterocycles. The Hall–Kier alpha value is -10.5. The molecule has 110 heavy (non-hydrogen) atoms. The molecule has 10 amide bonds. The first-order chi connectivity index (χ1) is 52.9. The Kier molecular flexibility index (Phi) is 32.8. The van der Waals surface area contributed by atoms with Crippen LogP contribution in [0.25, 0.3) is 16.5 Å². The summed E-state index contributed by atoms with van der Waals surface area (Å²) in [7, 11) is -2.49. The summed E-state index contributed by atoms with van der Waals surface area (Å²) >= 11 is 5.90. The Balaban J connectivity index is 0.000000278. The monoisotopic (exact) mass is 1550 g/mol. The number of ether oxygens (including phenoxy) is 1. The van der Waals surface area contributed by atoms with Gasteiger partial charge in [0.05, 0.1) is 24.6 Å². The van der Waals surface area contributed by atoms with Gasteiger partial charge >= 0.3 is 18.0 Å². The maximum atomic E-state index is 14.5. The number of amides is 10. The Morgan fingerprint density at radius 3 is 1.78 bits per heavy atom. The number of aromatic nitrogens is 1. The van der Waals surface area contributed by atoms with Crippen molar-refractivity contribution in [2.45, 2.75) is 166 Å². The van der Waals surface area contributed by atoms with E-state index in [4.69, 9.17) is 27.8 Å². The summed E-state index contributed by atoms with van der Waals surface area (Å²) in [6, 6.07) is 34.1. The molecule has 0 unspecified atom stereocenters. The van der Waals surface area contributed by atoms with Gasteiger partial charge in [0, 0.05) is 100 Å². The fourth-order valence-electron chi connectivity index (χ4n) is 14.2. The second-order valence-corrected chi connectivity index (χ2v) is 30.0. The number of fused-ring (bicyclic) bond motifs is 2. The summed E-state index contributed by atoms with van der Waals surface area (Å²) in [6.07, 6.45) is 9.27. The van der Waals surface area contributed by atoms with Gasteiger partial charge in [-0.25, -0.2) is 18.0 Å². The second kappa shape index (κ2) is 42.5. The number of nitrogens with two attached hydrogens (primary N) is 2. The first-order valence-electron chi connectivity index (χ1n) is 37.6. The predicted octanol–water partition coefficient (Wildman–Crippen LogP) is 7.68. The number of likely N-dealkylation sites (tertiary alicyclic amines) is 2. The van der Waals surface area contributed by atoms with Crippen molar-refractivity contribution in [3.63, 3.8) is 0 Å². The second-order valence-electron chi connectivity index (χ2n) is 28.0. The molecule has 3 heterocycles. The molecule has 11 N–H and O–H groups in total. The number of nitrogens with zero attached hydrogens (tertiary/aromatic N) is 3. The van der Waals surface area contributed by atoms with Gasteiger partial charge in [-0.1, -0.05) is 146 Å². The Labute approximate surface area is 648 Å². The highest BCUT2D eigenvalue weighted by atomic mass is 35.5. The Bertz CT molecular complexity index is 4330. The highest BCUT2D eigenvalue weighted by Gasteiger charge is 2.42. The molecule has 2 aliphatic heterocycles. The number of carbonyl (C=O) groups is 11. The summed E-state index contributed by atoms with van der Waals surface area (Å²) < 4.78 is 33.1. The van der Waals surface area contributed by atoms with Gasteiger partial charge in [-0.05, 0) is 136 Å². The molecule has 0 bridgehead atoms. The number of likely N-dealkylation sites (N-methyl/N-ethyl adjacent to an activating group) is 1. The zero-order valence-electron chi connectivity index (χ0n) is 62.7. The molecule has 6 aromatic rings. The van der Waals surface area contributed by atoms with E-state index in [1.807, 2.05) is 122 Å². The number of urea groups is 2. The first-order valence-corrected chi connectivity index (χ1v) is 39.6. The SMILES string of the molecule is C=CS(=O)(=O)N[C@@H](Cc1ccccc1)C(=O)N1CCCC[C@H]1C(=O)N[C@@H](CC1=CCc2ccccc21)C(=O)C[C@@H](CCCNC(N)=O)C(=O)NCc1ccc(C)cc1.CCOC(=O)[C@H](CCCNC(N)=O)CC(=O)[C@H](Cc1c[nH]c2ccccc12)NC(=O)[C@@H]1CCCCN1C(=O)[C@H](Cc1ccccc1)N(C)C(=O)CCl. The van der Waals surface area contributed by atoms with Crippen LogP contribution < -0.4 is 42.8 Å². The van der Waals surface area contributed by atoms with Gasteiger partial charge in [-0.2, -0.15) is 4.72 Å². The number of carbonyl (C=O) groups excluding carboxylic acids is 11. The van der Waals surface area contributed by atoms with E-state index in [0.29, 0.717) is 64.3 Å². The third-order valence-electron chi connectivity index (χ3n) is 20.2. The standard InChI is InChI=1S/C44H54N6O7S.C38H49ClN6O7/c1-3-58(56,57)49-38(26-31-12-5-4-6-13-31)43(54)50-25-10-9-17-39(50)42(53)48-37(27-34-23-22-33-14-7-8-16-36(33)34)40(51)28-35(15-11-24-46-44(45)55)41(52)47-29-32-20-18-30(2)19-21-32;1-3-52-37(50)26(14-11-18-41-38(40)51)22-33(46)30(21-27-24-42-29-16-8-7-15-28(27)29)43-35(48)31-17-9-10-19-45(31)36(49)32(44(2)34(47)23-39)20-25-12-5-4-6-13-25/h3-8,12-14,16,18-21,23,35,37-39,49H,1,9-11,15,17,22,24-29H2,2H3,(H,47,52)(H,48,53)(H3,45,46,55);4-8,12-13,15-16,24,26,30-32,42H,3,9-11,14,17-23H2,1-2H3,(H,43,48)(H3,40,41,51)/t35-,37+,38+,39+;26-,30+,31+,32+/m11/s1. The molecule has 588 valence electrons. The van der Waals surface area contributed by atoms with E-state index in [1.165, 1.54) is 21.7 Å². The number of ketones is 2. The van der Waals surface area contributed by atoms with Crippen LogP contribution in [0.2, 0.25) is 0 Å². The number of nitrogens with one attached hydrogen (secondary N) is 7. The van der Waals surface area contributed by atoms with Gasteiger partial charge in [0.1, 0.15) is 30.0 Å². The first kappa shape index (κ1) is 85.1. The van der Waals surface area contributed by atoms with Crippen LogP contribution in [0, 0.1) is 18.8 Å². The van der Waals surface area contributed by atoms with Crippen LogP contribution >= 0.6 is 11.6 Å². The minimum absolute atomic E-state index is 0.0502. The van der Waals surface area contributed by atoms with E-state index in [-0.39, 0.29) is 113 Å². The van der Waals surface area contributed by atoms with E-state index in [0.717, 1.165) is 60.8 Å². The molecule has 26 nitrogen and oxygen atoms in total. The van der Waals surface area contributed by atoms with Crippen molar-refractivity contribution in [3.05, 3.63) is 197 Å². The van der Waals surface area contributed by atoms with Crippen molar-refractivity contribution >= 4 is 103 Å². The van der Waals surface area contributed by atoms with Crippen LogP contribution in [-0.4, -0.2) is 175 Å². The van der Waals surface area contributed by atoms with Crippen molar-refractivity contribution in [1.29, 1.82) is 0 Å². The number of Topliss-reactive ketones (excluding diaryl/α,β-unsaturated/α-hetero) is 2. The number of aromatic amines is 1. The van der Waals surface area contributed by atoms with Crippen LogP contribution in [0.5, 0.6) is 0 Å². The maximum Gasteiger partial charge on any atom is 0.312 e. The lowest BCUT2D eigenvalue weighted by atomic mass is 9.89. The van der Waals surface area contributed by atoms with Gasteiger partial charge in [-0.15, -0.1) is 11.6 Å². The van der Waals surface area contributed by atoms with Gasteiger partial charge in [0.15, 0.2) is 11.6 Å². The number of allylic oxidation sites excluding steroid dienone is 1. The van der Waals surface area contributed by atoms with Crippen molar-refractivity contribution < 1.29 is 65.9 Å². The summed E-state index contributed by atoms with van der Waals surface area (Å²) in [5, 5.41) is 15.6. The van der Waals surface area contributed by atoms with Crippen molar-refractivity contribution in [2.24, 2.45) is 23.3 Å². The van der Waals surface area contributed by atoms with Gasteiger partial charge < -0.3 is 62.5 Å². The number of hydrogen-bond donors (Lipinski definition) is 9. The number of primary amides is 2. The van der Waals surface area contributed by atoms with E-state index in [9.17, 15) is 61.2 Å². The van der Waals surface area contributed by atoms with Gasteiger partial charge in [0.25, 0.3) is 0 Å². The van der Waals surface area contributed by atoms with Crippen LogP contribution in [-0.2, 0) is 90.1 Å². The number of benzene rings is 5. The molecule has 0 spiro atoms. The lowest BCUT2D eigenvalue weighted by Crippen LogP contribution is -2.59. The molecule has 3 aliphatic rings. The highest BCUT2D eigenvalue weighted by Crippen LogP contribution is 2.33. The average Bonchev–Trinajstić information content (AvgIpc) is 0.912. The van der Waals surface area contributed by atoms with E-state index >= 15 is 0 Å². The van der Waals surface area contributed by atoms with Crippen molar-refractivity contribution in [1.82, 2.24) is 51.0 Å². The lowest BCUT2D eigenvalue weighted by molar-refractivity contribution is -0.150. The zero-order chi connectivity index (χ0) is 79.3. The van der Waals surface area contributed by atoms with Crippen molar-refractivity contribution in [2.75, 3.05) is 45.7 Å². The van der Waals surface area contributed by atoms with E-state index < -0.39 is 99.8 Å². The molecule has 5 aromatic carbocycles. The third-order valence-corrected chi connectivity index (χ3v) is 21.5. The molecule has 1 aliphatic carbocycles. The molecule has 9 rings (SSSR count). The summed E-state index contributed by atoms with van der Waals surface area (Å²) in [6.45, 7) is 8.37. The lowest BCUT2D eigenvalue weighted by Gasteiger charge is -2.39. The minimum atomic E-state index is -4.03. The van der Waals surface area contributed by atoms with Crippen LogP contribution in [0.3, 0.4) is 0 Å². The third kappa shape index (κ3) is 25.3. The minimum Gasteiger partial charge on any atom is -0.466 e. The number of piperidine rings is 2. The number of rotatable bonds is 38. The number of esters is 1. The number of H-pyrrole nitrogens is 1. The van der Waals surface area contributed by atoms with E-state index in [2.05, 4.69) is 42.9 Å². The molecular formula is C82H103ClN12O14S. The zero-order valence-corrected chi connectivity index (χ0v) is 64.3. The maximum absolute atomic E-state index is 14.5. The molecule has 28 heteroatoms. The smallest absolute Gasteiger partial charge is 0.312 e. The molecule has 2 saturated heterocycles. The summed E-state index contributed by atoms with van der Waals surface area (Å²) in [5.74, 6) is -5.87. The van der Waals surface area contributed by atoms with Crippen LogP contribution in [0.15, 0.2) is 158 Å². The van der Waals surface area contributed by atoms with Gasteiger partial charge in [-0.3, -0.25) is 43.2 Å². The number of halogens is 1. The topological polar surface area (TPSA) is 381 Å².